The topological polar surface area (TPSA) is 137 Å². The second-order valence-corrected chi connectivity index (χ2v) is 14.3. The molecule has 2 atom stereocenters. The highest BCUT2D eigenvalue weighted by Crippen LogP contribution is 2.19. The Morgan fingerprint density at radius 3 is 2.17 bits per heavy atom. The van der Waals surface area contributed by atoms with E-state index >= 15 is 0 Å². The van der Waals surface area contributed by atoms with Crippen LogP contribution < -0.4 is 16.0 Å². The number of hydrogen-bond donors (Lipinski definition) is 4. The molecule has 0 spiro atoms. The number of carbonyl (C=O) groups is 2. The Morgan fingerprint density at radius 2 is 1.56 bits per heavy atom. The van der Waals surface area contributed by atoms with E-state index in [1.54, 1.807) is 12.1 Å². The number of aryl methyl sites for hydroxylation is 1. The number of carbonyl (C=O) groups excluding carboxylic acids is 2. The lowest BCUT2D eigenvalue weighted by atomic mass is 9.93. The molecular weight excluding hydrogens is 662 g/mol. The summed E-state index contributed by atoms with van der Waals surface area (Å²) in [5, 5.41) is 19.3. The maximum Gasteiger partial charge on any atom is 0.270 e. The van der Waals surface area contributed by atoms with Crippen molar-refractivity contribution >= 4 is 34.1 Å². The Kier molecular flexibility index (Phi) is 16.6. The van der Waals surface area contributed by atoms with Crippen molar-refractivity contribution in [1.82, 2.24) is 20.9 Å². The van der Waals surface area contributed by atoms with Crippen molar-refractivity contribution in [3.8, 4) is 0 Å². The van der Waals surface area contributed by atoms with E-state index in [0.717, 1.165) is 35.7 Å². The van der Waals surface area contributed by atoms with Gasteiger partial charge >= 0.3 is 0 Å². The molecular formula is C35H47ClF2N4O5S. The summed E-state index contributed by atoms with van der Waals surface area (Å²) in [5.41, 5.74) is 0.514. The number of pyridine rings is 1. The van der Waals surface area contributed by atoms with Crippen LogP contribution in [-0.2, 0) is 34.0 Å². The second kappa shape index (κ2) is 19.5. The van der Waals surface area contributed by atoms with Crippen LogP contribution in [-0.4, -0.2) is 66.1 Å². The van der Waals surface area contributed by atoms with Crippen LogP contribution in [0, 0.1) is 11.6 Å². The van der Waals surface area contributed by atoms with Crippen molar-refractivity contribution < 1.29 is 31.9 Å². The quantitative estimate of drug-likeness (QED) is 0.142. The Labute approximate surface area is 288 Å². The van der Waals surface area contributed by atoms with Gasteiger partial charge in [0.2, 0.25) is 5.91 Å². The maximum absolute atomic E-state index is 14.1. The van der Waals surface area contributed by atoms with Crippen LogP contribution in [0.5, 0.6) is 0 Å². The van der Waals surface area contributed by atoms with E-state index in [2.05, 4.69) is 20.9 Å². The van der Waals surface area contributed by atoms with Crippen molar-refractivity contribution in [2.24, 2.45) is 0 Å². The number of sulfone groups is 1. The summed E-state index contributed by atoms with van der Waals surface area (Å²) in [4.78, 5) is 30.6. The van der Waals surface area contributed by atoms with Crippen molar-refractivity contribution in [3.05, 3.63) is 101 Å². The molecule has 1 aromatic heterocycles. The lowest BCUT2D eigenvalue weighted by molar-refractivity contribution is -0.123. The number of hydrogen-bond acceptors (Lipinski definition) is 7. The SMILES string of the molecule is CCCC(CCC)S(=O)(=O)C[C@H](NC(=O)c1ccccn1)C(=O)NCC(O)(CNCc1cccc(CC)c1)Cc1cc(F)cc(F)c1.Cl. The van der Waals surface area contributed by atoms with Crippen LogP contribution >= 0.6 is 12.4 Å². The molecule has 0 aliphatic heterocycles. The van der Waals surface area contributed by atoms with E-state index in [1.807, 2.05) is 45.0 Å². The normalized spacial score (nSPS) is 13.3. The predicted molar refractivity (Wildman–Crippen MR) is 186 cm³/mol. The Bertz CT molecular complexity index is 1560. The molecule has 1 unspecified atom stereocenters. The fourth-order valence-electron chi connectivity index (χ4n) is 5.48. The van der Waals surface area contributed by atoms with E-state index in [1.165, 1.54) is 12.3 Å². The molecule has 0 saturated carbocycles. The van der Waals surface area contributed by atoms with Crippen LogP contribution in [0.4, 0.5) is 8.78 Å². The fraction of sp³-hybridized carbons (Fsp3) is 0.457. The summed E-state index contributed by atoms with van der Waals surface area (Å²) in [7, 11) is -3.84. The van der Waals surface area contributed by atoms with Gasteiger partial charge in [-0.2, -0.15) is 0 Å². The van der Waals surface area contributed by atoms with Crippen LogP contribution in [0.2, 0.25) is 0 Å². The van der Waals surface area contributed by atoms with E-state index in [9.17, 15) is 31.9 Å². The minimum absolute atomic E-state index is 0. The Morgan fingerprint density at radius 1 is 0.896 bits per heavy atom. The monoisotopic (exact) mass is 708 g/mol. The predicted octanol–water partition coefficient (Wildman–Crippen LogP) is 4.71. The molecule has 0 saturated heterocycles. The molecule has 1 heterocycles. The molecule has 0 aliphatic rings. The molecule has 0 fully saturated rings. The minimum Gasteiger partial charge on any atom is -0.386 e. The lowest BCUT2D eigenvalue weighted by Gasteiger charge is -2.30. The standard InChI is InChI=1S/C35H46F2N4O5S.ClH/c1-4-10-30(11-5-2)47(45,46)22-32(41-34(43)31-14-7-8-15-39-31)33(42)40-24-35(44,20-27-17-28(36)19-29(37)18-27)23-38-21-26-13-9-12-25(6-3)16-26;/h7-9,12-19,30,32,38,44H,4-6,10-11,20-24H2,1-3H3,(H,40,42)(H,41,43);1H/t32-,35?;/m0./s1. The summed E-state index contributed by atoms with van der Waals surface area (Å²) in [5.74, 6) is -3.84. The highest BCUT2D eigenvalue weighted by atomic mass is 35.5. The van der Waals surface area contributed by atoms with Crippen molar-refractivity contribution in [3.63, 3.8) is 0 Å². The Balaban J connectivity index is 0.00000800. The number of nitrogens with zero attached hydrogens (tertiary/aromatic N) is 1. The first kappa shape index (κ1) is 40.7. The van der Waals surface area contributed by atoms with E-state index in [-0.39, 0.29) is 36.6 Å². The number of benzene rings is 2. The van der Waals surface area contributed by atoms with Crippen molar-refractivity contribution in [2.75, 3.05) is 18.8 Å². The van der Waals surface area contributed by atoms with Crippen molar-refractivity contribution in [1.29, 1.82) is 0 Å². The molecule has 13 heteroatoms. The first-order valence-corrected chi connectivity index (χ1v) is 17.8. The lowest BCUT2D eigenvalue weighted by Crippen LogP contribution is -2.56. The van der Waals surface area contributed by atoms with Gasteiger partial charge in [0.15, 0.2) is 9.84 Å². The second-order valence-electron chi connectivity index (χ2n) is 11.9. The van der Waals surface area contributed by atoms with Gasteiger partial charge in [-0.1, -0.05) is 63.9 Å². The zero-order chi connectivity index (χ0) is 34.5. The number of aromatic nitrogens is 1. The van der Waals surface area contributed by atoms with Gasteiger partial charge in [-0.25, -0.2) is 17.2 Å². The molecule has 3 aromatic rings. The van der Waals surface area contributed by atoms with Crippen LogP contribution in [0.25, 0.3) is 0 Å². The van der Waals surface area contributed by atoms with E-state index < -0.39 is 62.5 Å². The first-order valence-electron chi connectivity index (χ1n) is 16.0. The molecule has 3 rings (SSSR count). The Hall–Kier alpha value is -3.45. The fourth-order valence-corrected chi connectivity index (χ4v) is 7.64. The summed E-state index contributed by atoms with van der Waals surface area (Å²) in [6.07, 6.45) is 4.10. The molecule has 0 aliphatic carbocycles. The summed E-state index contributed by atoms with van der Waals surface area (Å²) < 4.78 is 55.1. The summed E-state index contributed by atoms with van der Waals surface area (Å²) >= 11 is 0. The number of aliphatic hydroxyl groups is 1. The van der Waals surface area contributed by atoms with Crippen LogP contribution in [0.15, 0.2) is 66.9 Å². The molecule has 2 amide bonds. The first-order chi connectivity index (χ1) is 22.4. The smallest absolute Gasteiger partial charge is 0.270 e. The molecule has 48 heavy (non-hydrogen) atoms. The van der Waals surface area contributed by atoms with E-state index in [4.69, 9.17) is 0 Å². The number of nitrogens with one attached hydrogen (secondary N) is 3. The molecule has 2 aromatic carbocycles. The van der Waals surface area contributed by atoms with Crippen LogP contribution in [0.3, 0.4) is 0 Å². The minimum atomic E-state index is -3.84. The number of amides is 2. The van der Waals surface area contributed by atoms with E-state index in [0.29, 0.717) is 32.2 Å². The van der Waals surface area contributed by atoms with Gasteiger partial charge in [0.1, 0.15) is 23.4 Å². The van der Waals surface area contributed by atoms with Gasteiger partial charge in [-0.05, 0) is 60.2 Å². The molecule has 9 nitrogen and oxygen atoms in total. The average Bonchev–Trinajstić information content (AvgIpc) is 3.03. The molecule has 0 radical (unpaired) electrons. The van der Waals surface area contributed by atoms with Gasteiger partial charge in [-0.3, -0.25) is 14.6 Å². The molecule has 264 valence electrons. The van der Waals surface area contributed by atoms with Crippen LogP contribution in [0.1, 0.15) is 73.6 Å². The zero-order valence-electron chi connectivity index (χ0n) is 27.7. The number of halogens is 3. The van der Waals surface area contributed by atoms with Gasteiger partial charge in [0.05, 0.1) is 16.6 Å². The molecule has 4 N–H and O–H groups in total. The molecule has 0 bridgehead atoms. The maximum atomic E-state index is 14.1. The van der Waals surface area contributed by atoms with Gasteiger partial charge in [0.25, 0.3) is 5.91 Å². The third-order valence-electron chi connectivity index (χ3n) is 7.88. The average molecular weight is 709 g/mol. The van der Waals surface area contributed by atoms with Gasteiger partial charge < -0.3 is 21.1 Å². The zero-order valence-corrected chi connectivity index (χ0v) is 29.3. The van der Waals surface area contributed by atoms with Gasteiger partial charge in [-0.15, -0.1) is 12.4 Å². The third kappa shape index (κ3) is 12.9. The largest absolute Gasteiger partial charge is 0.386 e. The summed E-state index contributed by atoms with van der Waals surface area (Å²) in [6, 6.07) is 14.0. The van der Waals surface area contributed by atoms with Gasteiger partial charge in [0, 0.05) is 38.3 Å². The third-order valence-corrected chi connectivity index (χ3v) is 10.2. The van der Waals surface area contributed by atoms with Crippen molar-refractivity contribution in [2.45, 2.75) is 82.7 Å². The highest BCUT2D eigenvalue weighted by Gasteiger charge is 2.35. The summed E-state index contributed by atoms with van der Waals surface area (Å²) in [6.45, 7) is 5.68. The highest BCUT2D eigenvalue weighted by molar-refractivity contribution is 7.92. The number of rotatable bonds is 19.